The summed E-state index contributed by atoms with van der Waals surface area (Å²) >= 11 is 3.23. The molecule has 0 amide bonds. The zero-order chi connectivity index (χ0) is 14.7. The fourth-order valence-electron chi connectivity index (χ4n) is 1.80. The number of aryl methyl sites for hydroxylation is 1. The van der Waals surface area contributed by atoms with Gasteiger partial charge in [0.1, 0.15) is 12.4 Å². The fourth-order valence-corrected chi connectivity index (χ4v) is 2.26. The van der Waals surface area contributed by atoms with Crippen LogP contribution in [0.1, 0.15) is 21.5 Å². The first-order valence-corrected chi connectivity index (χ1v) is 6.73. The van der Waals surface area contributed by atoms with Gasteiger partial charge in [-0.2, -0.15) is 0 Å². The van der Waals surface area contributed by atoms with Gasteiger partial charge < -0.3 is 10.5 Å². The van der Waals surface area contributed by atoms with Crippen LogP contribution in [-0.2, 0) is 11.3 Å². The van der Waals surface area contributed by atoms with E-state index in [1.54, 1.807) is 24.3 Å². The molecule has 2 rings (SSSR count). The smallest absolute Gasteiger partial charge is 0.338 e. The Kier molecular flexibility index (Phi) is 4.39. The minimum absolute atomic E-state index is 0.0630. The summed E-state index contributed by atoms with van der Waals surface area (Å²) in [6.07, 6.45) is 0. The molecule has 2 N–H and O–H groups in total. The third-order valence-corrected chi connectivity index (χ3v) is 3.45. The summed E-state index contributed by atoms with van der Waals surface area (Å²) in [6, 6.07) is 9.25. The molecule has 3 nitrogen and oxygen atoms in total. The third-order valence-electron chi connectivity index (χ3n) is 2.71. The van der Waals surface area contributed by atoms with E-state index in [9.17, 15) is 9.18 Å². The number of carbonyl (C=O) groups excluding carboxylic acids is 1. The van der Waals surface area contributed by atoms with Crippen LogP contribution in [0.25, 0.3) is 0 Å². The van der Waals surface area contributed by atoms with Gasteiger partial charge in [-0.3, -0.25) is 0 Å². The van der Waals surface area contributed by atoms with E-state index in [1.807, 2.05) is 6.92 Å². The lowest BCUT2D eigenvalue weighted by Crippen LogP contribution is -2.06. The second-order valence-electron chi connectivity index (χ2n) is 4.44. The van der Waals surface area contributed by atoms with Crippen molar-refractivity contribution in [3.05, 3.63) is 63.4 Å². The lowest BCUT2D eigenvalue weighted by atomic mass is 10.1. The predicted molar refractivity (Wildman–Crippen MR) is 78.8 cm³/mol. The Morgan fingerprint density at radius 3 is 2.70 bits per heavy atom. The summed E-state index contributed by atoms with van der Waals surface area (Å²) in [7, 11) is 0. The van der Waals surface area contributed by atoms with Gasteiger partial charge in [-0.1, -0.05) is 22.0 Å². The lowest BCUT2D eigenvalue weighted by molar-refractivity contribution is 0.0472. The highest BCUT2D eigenvalue weighted by Gasteiger charge is 2.10. The molecule has 2 aromatic rings. The summed E-state index contributed by atoms with van der Waals surface area (Å²) in [5.41, 5.74) is 8.19. The number of esters is 1. The molecule has 0 fully saturated rings. The Labute approximate surface area is 124 Å². The van der Waals surface area contributed by atoms with Gasteiger partial charge in [-0.15, -0.1) is 0 Å². The Bertz CT molecular complexity index is 638. The first-order chi connectivity index (χ1) is 9.45. The minimum atomic E-state index is -0.461. The number of nitrogens with two attached hydrogens (primary N) is 1. The third kappa shape index (κ3) is 3.57. The van der Waals surface area contributed by atoms with Gasteiger partial charge in [0.15, 0.2) is 0 Å². The number of rotatable bonds is 3. The molecular formula is C15H13BrFNO2. The predicted octanol–water partition coefficient (Wildman–Crippen LogP) is 3.84. The van der Waals surface area contributed by atoms with Crippen molar-refractivity contribution < 1.29 is 13.9 Å². The van der Waals surface area contributed by atoms with Gasteiger partial charge in [-0.25, -0.2) is 9.18 Å². The SMILES string of the molecule is Cc1cc(N)cc(C(=O)OCc2ccc(F)cc2Br)c1. The molecule has 20 heavy (non-hydrogen) atoms. The van der Waals surface area contributed by atoms with Crippen LogP contribution in [0.4, 0.5) is 10.1 Å². The molecular weight excluding hydrogens is 325 g/mol. The van der Waals surface area contributed by atoms with E-state index in [0.29, 0.717) is 21.3 Å². The molecule has 0 aliphatic carbocycles. The van der Waals surface area contributed by atoms with E-state index in [0.717, 1.165) is 5.56 Å². The Hall–Kier alpha value is -1.88. The zero-order valence-corrected chi connectivity index (χ0v) is 12.4. The number of carbonyl (C=O) groups is 1. The maximum Gasteiger partial charge on any atom is 0.338 e. The number of hydrogen-bond donors (Lipinski definition) is 1. The zero-order valence-electron chi connectivity index (χ0n) is 10.8. The van der Waals surface area contributed by atoms with Gasteiger partial charge in [0.05, 0.1) is 5.56 Å². The van der Waals surface area contributed by atoms with E-state index in [1.165, 1.54) is 12.1 Å². The average molecular weight is 338 g/mol. The summed E-state index contributed by atoms with van der Waals surface area (Å²) < 4.78 is 18.7. The fraction of sp³-hybridized carbons (Fsp3) is 0.133. The Morgan fingerprint density at radius 2 is 2.05 bits per heavy atom. The van der Waals surface area contributed by atoms with Crippen LogP contribution in [-0.4, -0.2) is 5.97 Å². The second-order valence-corrected chi connectivity index (χ2v) is 5.30. The van der Waals surface area contributed by atoms with Crippen molar-refractivity contribution in [2.75, 3.05) is 5.73 Å². The largest absolute Gasteiger partial charge is 0.457 e. The van der Waals surface area contributed by atoms with Gasteiger partial charge in [-0.05, 0) is 42.8 Å². The van der Waals surface area contributed by atoms with Gasteiger partial charge >= 0.3 is 5.97 Å². The van der Waals surface area contributed by atoms with E-state index >= 15 is 0 Å². The quantitative estimate of drug-likeness (QED) is 0.683. The highest BCUT2D eigenvalue weighted by atomic mass is 79.9. The molecule has 2 aromatic carbocycles. The van der Waals surface area contributed by atoms with Crippen LogP contribution < -0.4 is 5.73 Å². The van der Waals surface area contributed by atoms with Crippen molar-refractivity contribution in [2.45, 2.75) is 13.5 Å². The highest BCUT2D eigenvalue weighted by molar-refractivity contribution is 9.10. The molecule has 0 spiro atoms. The second kappa shape index (κ2) is 6.05. The number of benzene rings is 2. The molecule has 0 aromatic heterocycles. The molecule has 104 valence electrons. The van der Waals surface area contributed by atoms with Crippen LogP contribution in [0.15, 0.2) is 40.9 Å². The van der Waals surface area contributed by atoms with Crippen LogP contribution in [0.2, 0.25) is 0 Å². The normalized spacial score (nSPS) is 10.3. The van der Waals surface area contributed by atoms with Crippen molar-refractivity contribution in [3.63, 3.8) is 0 Å². The maximum absolute atomic E-state index is 12.9. The topological polar surface area (TPSA) is 52.3 Å². The van der Waals surface area contributed by atoms with Crippen LogP contribution in [0.3, 0.4) is 0 Å². The van der Waals surface area contributed by atoms with E-state index in [-0.39, 0.29) is 12.4 Å². The minimum Gasteiger partial charge on any atom is -0.457 e. The molecule has 0 aliphatic rings. The molecule has 0 saturated heterocycles. The summed E-state index contributed by atoms with van der Waals surface area (Å²) in [6.45, 7) is 1.91. The molecule has 0 radical (unpaired) electrons. The van der Waals surface area contributed by atoms with Crippen LogP contribution in [0, 0.1) is 12.7 Å². The molecule has 0 atom stereocenters. The molecule has 0 heterocycles. The van der Waals surface area contributed by atoms with Crippen molar-refractivity contribution >= 4 is 27.6 Å². The lowest BCUT2D eigenvalue weighted by Gasteiger charge is -2.08. The Morgan fingerprint density at radius 1 is 1.30 bits per heavy atom. The molecule has 0 aliphatic heterocycles. The molecule has 5 heteroatoms. The summed E-state index contributed by atoms with van der Waals surface area (Å²) in [4.78, 5) is 11.9. The number of hydrogen-bond acceptors (Lipinski definition) is 3. The monoisotopic (exact) mass is 337 g/mol. The number of nitrogen functional groups attached to an aromatic ring is 1. The first-order valence-electron chi connectivity index (χ1n) is 5.94. The highest BCUT2D eigenvalue weighted by Crippen LogP contribution is 2.20. The molecule has 0 saturated carbocycles. The van der Waals surface area contributed by atoms with Crippen LogP contribution in [0.5, 0.6) is 0 Å². The van der Waals surface area contributed by atoms with Gasteiger partial charge in [0.25, 0.3) is 0 Å². The molecule has 0 unspecified atom stereocenters. The van der Waals surface area contributed by atoms with E-state index < -0.39 is 5.97 Å². The summed E-state index contributed by atoms with van der Waals surface area (Å²) in [5.74, 6) is -0.810. The van der Waals surface area contributed by atoms with Gasteiger partial charge in [0, 0.05) is 15.7 Å². The van der Waals surface area contributed by atoms with Crippen LogP contribution >= 0.6 is 15.9 Å². The van der Waals surface area contributed by atoms with Gasteiger partial charge in [0.2, 0.25) is 0 Å². The Balaban J connectivity index is 2.08. The average Bonchev–Trinajstić information content (AvgIpc) is 2.36. The van der Waals surface area contributed by atoms with E-state index in [4.69, 9.17) is 10.5 Å². The first kappa shape index (κ1) is 14.5. The number of anilines is 1. The number of ether oxygens (including phenoxy) is 1. The summed E-state index contributed by atoms with van der Waals surface area (Å²) in [5, 5.41) is 0. The van der Waals surface area contributed by atoms with Crippen molar-refractivity contribution in [1.29, 1.82) is 0 Å². The maximum atomic E-state index is 12.9. The molecule has 0 bridgehead atoms. The van der Waals surface area contributed by atoms with Crippen molar-refractivity contribution in [2.24, 2.45) is 0 Å². The number of halogens is 2. The van der Waals surface area contributed by atoms with E-state index in [2.05, 4.69) is 15.9 Å². The van der Waals surface area contributed by atoms with Crippen molar-refractivity contribution in [1.82, 2.24) is 0 Å². The van der Waals surface area contributed by atoms with Crippen molar-refractivity contribution in [3.8, 4) is 0 Å². The standard InChI is InChI=1S/C15H13BrFNO2/c1-9-4-11(6-13(18)5-9)15(19)20-8-10-2-3-12(17)7-14(10)16/h2-7H,8,18H2,1H3.